The Balaban J connectivity index is 2.55. The second-order valence-corrected chi connectivity index (χ2v) is 6.72. The monoisotopic (exact) mass is 194 g/mol. The molecule has 0 saturated carbocycles. The molecule has 0 spiro atoms. The summed E-state index contributed by atoms with van der Waals surface area (Å²) in [6, 6.07) is 10.0. The van der Waals surface area contributed by atoms with Crippen molar-refractivity contribution < 1.29 is 5.11 Å². The van der Waals surface area contributed by atoms with Crippen LogP contribution in [0.4, 0.5) is 0 Å². The Morgan fingerprint density at radius 3 is 2.38 bits per heavy atom. The van der Waals surface area contributed by atoms with E-state index in [4.69, 9.17) is 5.11 Å². The molecule has 0 heterocycles. The Hall–Kier alpha value is -0.603. The van der Waals surface area contributed by atoms with Gasteiger partial charge in [0, 0.05) is 6.61 Å². The summed E-state index contributed by atoms with van der Waals surface area (Å²) in [5.74, 6) is 0. The Morgan fingerprint density at radius 1 is 1.23 bits per heavy atom. The summed E-state index contributed by atoms with van der Waals surface area (Å²) in [5, 5.41) is 10.2. The van der Waals surface area contributed by atoms with Crippen molar-refractivity contribution in [2.24, 2.45) is 0 Å². The van der Waals surface area contributed by atoms with E-state index in [0.717, 1.165) is 6.42 Å². The molecule has 1 N–H and O–H groups in total. The van der Waals surface area contributed by atoms with Crippen molar-refractivity contribution >= 4 is 14.0 Å². The van der Waals surface area contributed by atoms with Gasteiger partial charge in [0.2, 0.25) is 0 Å². The molecule has 0 saturated heterocycles. The average Bonchev–Trinajstić information content (AvgIpc) is 2.15. The van der Waals surface area contributed by atoms with Gasteiger partial charge in [0.1, 0.15) is 0 Å². The number of aliphatic hydroxyl groups excluding tert-OH is 1. The smallest absolute Gasteiger partial charge is 0.0678 e. The van der Waals surface area contributed by atoms with E-state index in [1.165, 1.54) is 16.8 Å². The number of hydrogen-bond acceptors (Lipinski definition) is 1. The third-order valence-electron chi connectivity index (χ3n) is 2.44. The van der Waals surface area contributed by atoms with Crippen molar-refractivity contribution in [1.82, 2.24) is 0 Å². The van der Waals surface area contributed by atoms with Gasteiger partial charge in [-0.2, -0.15) is 0 Å². The first-order valence-corrected chi connectivity index (χ1v) is 7.46. The van der Waals surface area contributed by atoms with E-state index in [1.54, 1.807) is 0 Å². The third kappa shape index (κ3) is 3.33. The predicted molar refractivity (Wildman–Crippen MR) is 60.3 cm³/mol. The minimum absolute atomic E-state index is 0.337. The van der Waals surface area contributed by atoms with Gasteiger partial charge in [0.25, 0.3) is 0 Å². The highest BCUT2D eigenvalue weighted by Gasteiger charge is 2.05. The summed E-state index contributed by atoms with van der Waals surface area (Å²) in [6.45, 7) is 4.80. The first-order valence-electron chi connectivity index (χ1n) is 4.91. The molecule has 0 aliphatic carbocycles. The summed E-state index contributed by atoms with van der Waals surface area (Å²) in [6.07, 6.45) is 0.960. The van der Waals surface area contributed by atoms with E-state index >= 15 is 0 Å². The standard InChI is InChI=1S/C11H18OSi/c1-10-4-6-11(7-5-10)13(2)9-3-8-12/h4-7,12-13H,3,8-9H2,1-2H3. The molecule has 0 fully saturated rings. The number of rotatable bonds is 4. The summed E-state index contributed by atoms with van der Waals surface area (Å²) in [7, 11) is -0.759. The predicted octanol–water partition coefficient (Wildman–Crippen LogP) is 1.44. The highest BCUT2D eigenvalue weighted by molar-refractivity contribution is 6.71. The van der Waals surface area contributed by atoms with Crippen LogP contribution in [0.25, 0.3) is 0 Å². The normalized spacial score (nSPS) is 12.8. The van der Waals surface area contributed by atoms with Crippen LogP contribution in [0.5, 0.6) is 0 Å². The Bertz CT molecular complexity index is 243. The molecular formula is C11H18OSi. The lowest BCUT2D eigenvalue weighted by molar-refractivity contribution is 0.294. The van der Waals surface area contributed by atoms with Crippen molar-refractivity contribution in [2.45, 2.75) is 25.9 Å². The van der Waals surface area contributed by atoms with E-state index < -0.39 is 8.80 Å². The van der Waals surface area contributed by atoms with Gasteiger partial charge in [-0.05, 0) is 13.3 Å². The van der Waals surface area contributed by atoms with Crippen LogP contribution < -0.4 is 5.19 Å². The van der Waals surface area contributed by atoms with Crippen molar-refractivity contribution in [3.05, 3.63) is 29.8 Å². The van der Waals surface area contributed by atoms with E-state index in [1.807, 2.05) is 0 Å². The summed E-state index contributed by atoms with van der Waals surface area (Å²) in [4.78, 5) is 0. The second-order valence-electron chi connectivity index (χ2n) is 3.68. The van der Waals surface area contributed by atoms with Gasteiger partial charge in [-0.15, -0.1) is 0 Å². The second kappa shape index (κ2) is 5.20. The fraction of sp³-hybridized carbons (Fsp3) is 0.455. The fourth-order valence-corrected chi connectivity index (χ4v) is 3.44. The van der Waals surface area contributed by atoms with Crippen molar-refractivity contribution in [1.29, 1.82) is 0 Å². The molecule has 1 atom stereocenters. The van der Waals surface area contributed by atoms with Crippen LogP contribution >= 0.6 is 0 Å². The minimum Gasteiger partial charge on any atom is -0.396 e. The zero-order valence-corrected chi connectivity index (χ0v) is 9.61. The largest absolute Gasteiger partial charge is 0.396 e. The quantitative estimate of drug-likeness (QED) is 0.719. The molecule has 0 radical (unpaired) electrons. The lowest BCUT2D eigenvalue weighted by Crippen LogP contribution is -2.26. The molecule has 1 aromatic rings. The van der Waals surface area contributed by atoms with Crippen LogP contribution in [0.2, 0.25) is 12.6 Å². The molecule has 13 heavy (non-hydrogen) atoms. The molecular weight excluding hydrogens is 176 g/mol. The Kier molecular flexibility index (Phi) is 4.19. The van der Waals surface area contributed by atoms with Gasteiger partial charge >= 0.3 is 0 Å². The lowest BCUT2D eigenvalue weighted by atomic mass is 10.2. The van der Waals surface area contributed by atoms with Gasteiger partial charge in [0.05, 0.1) is 8.80 Å². The van der Waals surface area contributed by atoms with Gasteiger partial charge in [-0.3, -0.25) is 0 Å². The summed E-state index contributed by atoms with van der Waals surface area (Å²) >= 11 is 0. The third-order valence-corrected chi connectivity index (χ3v) is 5.24. The van der Waals surface area contributed by atoms with Crippen LogP contribution in [0, 0.1) is 6.92 Å². The number of hydrogen-bond donors (Lipinski definition) is 1. The maximum Gasteiger partial charge on any atom is 0.0678 e. The number of aliphatic hydroxyl groups is 1. The molecule has 72 valence electrons. The molecule has 1 aromatic carbocycles. The van der Waals surface area contributed by atoms with E-state index in [-0.39, 0.29) is 0 Å². The topological polar surface area (TPSA) is 20.2 Å². The van der Waals surface area contributed by atoms with Crippen molar-refractivity contribution in [2.75, 3.05) is 6.61 Å². The highest BCUT2D eigenvalue weighted by atomic mass is 28.3. The van der Waals surface area contributed by atoms with Crippen LogP contribution in [0.3, 0.4) is 0 Å². The maximum atomic E-state index is 8.73. The van der Waals surface area contributed by atoms with E-state index in [2.05, 4.69) is 37.7 Å². The molecule has 1 nitrogen and oxygen atoms in total. The minimum atomic E-state index is -0.759. The van der Waals surface area contributed by atoms with Gasteiger partial charge in [-0.1, -0.05) is 47.6 Å². The summed E-state index contributed by atoms with van der Waals surface area (Å²) in [5.41, 5.74) is 1.33. The SMILES string of the molecule is Cc1ccc([SiH](C)CCCO)cc1. The maximum absolute atomic E-state index is 8.73. The zero-order chi connectivity index (χ0) is 9.68. The van der Waals surface area contributed by atoms with Gasteiger partial charge in [0.15, 0.2) is 0 Å². The molecule has 0 amide bonds. The molecule has 2 heteroatoms. The molecule has 0 aliphatic heterocycles. The Labute approximate surface area is 82.0 Å². The van der Waals surface area contributed by atoms with Crippen molar-refractivity contribution in [3.8, 4) is 0 Å². The van der Waals surface area contributed by atoms with Crippen LogP contribution in [0.1, 0.15) is 12.0 Å². The zero-order valence-electron chi connectivity index (χ0n) is 8.46. The van der Waals surface area contributed by atoms with E-state index in [0.29, 0.717) is 6.61 Å². The number of aryl methyl sites for hydroxylation is 1. The molecule has 0 aliphatic rings. The van der Waals surface area contributed by atoms with Crippen molar-refractivity contribution in [3.63, 3.8) is 0 Å². The molecule has 1 unspecified atom stereocenters. The lowest BCUT2D eigenvalue weighted by Gasteiger charge is -2.09. The van der Waals surface area contributed by atoms with Crippen LogP contribution in [0.15, 0.2) is 24.3 Å². The first-order chi connectivity index (χ1) is 6.24. The summed E-state index contributed by atoms with van der Waals surface area (Å²) < 4.78 is 0. The average molecular weight is 194 g/mol. The molecule has 1 rings (SSSR count). The molecule has 0 bridgehead atoms. The number of benzene rings is 1. The van der Waals surface area contributed by atoms with Gasteiger partial charge < -0.3 is 5.11 Å². The molecule has 0 aromatic heterocycles. The Morgan fingerprint density at radius 2 is 1.85 bits per heavy atom. The van der Waals surface area contributed by atoms with Gasteiger partial charge in [-0.25, -0.2) is 0 Å². The fourth-order valence-electron chi connectivity index (χ4n) is 1.46. The first kappa shape index (κ1) is 10.5. The highest BCUT2D eigenvalue weighted by Crippen LogP contribution is 2.00. The van der Waals surface area contributed by atoms with Crippen LogP contribution in [-0.2, 0) is 0 Å². The van der Waals surface area contributed by atoms with E-state index in [9.17, 15) is 0 Å². The van der Waals surface area contributed by atoms with Crippen LogP contribution in [-0.4, -0.2) is 20.5 Å².